The first-order valence-electron chi connectivity index (χ1n) is 28.9. The average molecular weight is 1010 g/mol. The van der Waals surface area contributed by atoms with E-state index in [1.807, 2.05) is 0 Å². The van der Waals surface area contributed by atoms with E-state index in [0.29, 0.717) is 0 Å². The Morgan fingerprint density at radius 1 is 0.256 bits per heavy atom. The Bertz CT molecular complexity index is 4040. The fraction of sp³-hybridized carbons (Fsp3) is 0.256. The van der Waals surface area contributed by atoms with E-state index in [-0.39, 0.29) is 21.7 Å². The van der Waals surface area contributed by atoms with Gasteiger partial charge in [0.25, 0.3) is 0 Å². The molecule has 0 amide bonds. The molecule has 0 aliphatic heterocycles. The molecule has 78 heavy (non-hydrogen) atoms. The van der Waals surface area contributed by atoms with Gasteiger partial charge in [0, 0.05) is 0 Å². The molecule has 2 aliphatic rings. The molecule has 0 aromatic heterocycles. The van der Waals surface area contributed by atoms with Crippen molar-refractivity contribution in [3.8, 4) is 89.0 Å². The first-order valence-corrected chi connectivity index (χ1v) is 28.9. The zero-order valence-electron chi connectivity index (χ0n) is 48.6. The standard InChI is InChI=1S/C78H74/c1-15-45-35-53-41-61-62(42-54(53)36-46(45)16-2)68(52-24-20-26-58(38-52)78(12,13)14)73-66-44-60(48-29-33-56(34-30-48)76(6,7)8)70-64-40-50-22-18-17-21-49(50)39-63(64)69-59(47-27-31-55(32-28-47)75(3,4)5)43-65(71(66)74(69)70)72(73)67(61)51-23-19-25-57(37-51)77(9,10)11/h17-44H,15-16H2,1-14H3. The maximum atomic E-state index is 2.63. The van der Waals surface area contributed by atoms with Crippen LogP contribution in [0.4, 0.5) is 0 Å². The molecule has 0 heteroatoms. The summed E-state index contributed by atoms with van der Waals surface area (Å²) >= 11 is 0. The molecule has 0 heterocycles. The van der Waals surface area contributed by atoms with Crippen molar-refractivity contribution in [2.24, 2.45) is 0 Å². The summed E-state index contributed by atoms with van der Waals surface area (Å²) < 4.78 is 0. The van der Waals surface area contributed by atoms with Crippen LogP contribution in [0.1, 0.15) is 130 Å². The summed E-state index contributed by atoms with van der Waals surface area (Å²) in [6.07, 6.45) is 2.01. The minimum Gasteiger partial charge on any atom is -0.0616 e. The van der Waals surface area contributed by atoms with Crippen LogP contribution in [0.2, 0.25) is 0 Å². The monoisotopic (exact) mass is 1010 g/mol. The molecule has 2 aliphatic carbocycles. The highest BCUT2D eigenvalue weighted by molar-refractivity contribution is 6.36. The number of aryl methyl sites for hydroxylation is 2. The van der Waals surface area contributed by atoms with Crippen LogP contribution in [-0.2, 0) is 34.5 Å². The Balaban J connectivity index is 1.29. The number of hydrogen-bond donors (Lipinski definition) is 0. The first kappa shape index (κ1) is 50.0. The Labute approximate surface area is 464 Å². The van der Waals surface area contributed by atoms with Crippen molar-refractivity contribution in [1.29, 1.82) is 0 Å². The summed E-state index contributed by atoms with van der Waals surface area (Å²) in [4.78, 5) is 0. The second kappa shape index (κ2) is 17.5. The summed E-state index contributed by atoms with van der Waals surface area (Å²) in [6, 6.07) is 67.7. The maximum Gasteiger partial charge on any atom is -0.000136 e. The van der Waals surface area contributed by atoms with Crippen molar-refractivity contribution in [2.75, 3.05) is 0 Å². The second-order valence-corrected chi connectivity index (χ2v) is 27.1. The zero-order valence-corrected chi connectivity index (χ0v) is 48.6. The highest BCUT2D eigenvalue weighted by atomic mass is 14.4. The van der Waals surface area contributed by atoms with Crippen LogP contribution in [0.15, 0.2) is 170 Å². The van der Waals surface area contributed by atoms with Crippen molar-refractivity contribution in [2.45, 2.75) is 131 Å². The number of rotatable bonds is 6. The third kappa shape index (κ3) is 7.83. The van der Waals surface area contributed by atoms with Crippen molar-refractivity contribution in [3.05, 3.63) is 203 Å². The lowest BCUT2D eigenvalue weighted by Gasteiger charge is -2.25. The van der Waals surface area contributed by atoms with Crippen LogP contribution in [0.5, 0.6) is 0 Å². The van der Waals surface area contributed by atoms with E-state index in [0.717, 1.165) is 12.8 Å². The molecule has 0 fully saturated rings. The second-order valence-electron chi connectivity index (χ2n) is 27.1. The Morgan fingerprint density at radius 3 is 1.00 bits per heavy atom. The van der Waals surface area contributed by atoms with Gasteiger partial charge in [-0.15, -0.1) is 0 Å². The molecular weight excluding hydrogens is 937 g/mol. The van der Waals surface area contributed by atoms with Gasteiger partial charge >= 0.3 is 0 Å². The smallest absolute Gasteiger partial charge is 0.000136 e. The zero-order chi connectivity index (χ0) is 54.5. The molecule has 13 rings (SSSR count). The van der Waals surface area contributed by atoms with Gasteiger partial charge in [-0.3, -0.25) is 0 Å². The lowest BCUT2D eigenvalue weighted by atomic mass is 9.78. The van der Waals surface area contributed by atoms with Gasteiger partial charge in [0.05, 0.1) is 0 Å². The third-order valence-electron chi connectivity index (χ3n) is 17.9. The Hall–Kier alpha value is -7.54. The van der Waals surface area contributed by atoms with Gasteiger partial charge in [0.1, 0.15) is 0 Å². The normalized spacial score (nSPS) is 13.1. The molecule has 11 aromatic carbocycles. The van der Waals surface area contributed by atoms with Gasteiger partial charge in [-0.05, 0) is 236 Å². The fourth-order valence-electron chi connectivity index (χ4n) is 13.5. The van der Waals surface area contributed by atoms with Crippen LogP contribution in [-0.4, -0.2) is 0 Å². The fourth-order valence-corrected chi connectivity index (χ4v) is 13.5. The SMILES string of the molecule is CCc1cc2cc3c(-c4cccc(C(C)(C)C)c4)c4c(c(-c5cccc(C(C)(C)C)c5)c3cc2cc1CC)-c1cc(-c2ccc(C(C)(C)C)cc2)c2c3c(c(-c5ccc(C(C)(C)C)cc5)cc-4c13)-c1cc3ccccc3cc1-2. The highest BCUT2D eigenvalue weighted by Gasteiger charge is 2.39. The Morgan fingerprint density at radius 2 is 0.641 bits per heavy atom. The van der Waals surface area contributed by atoms with Crippen LogP contribution in [0.3, 0.4) is 0 Å². The predicted octanol–water partition coefficient (Wildman–Crippen LogP) is 22.6. The molecule has 0 N–H and O–H groups in total. The molecule has 11 aromatic rings. The largest absolute Gasteiger partial charge is 0.0616 e. The lowest BCUT2D eigenvalue weighted by Crippen LogP contribution is -2.11. The van der Waals surface area contributed by atoms with Crippen LogP contribution in [0, 0.1) is 0 Å². The van der Waals surface area contributed by atoms with Crippen LogP contribution >= 0.6 is 0 Å². The quantitative estimate of drug-likeness (QED) is 0.146. The van der Waals surface area contributed by atoms with E-state index < -0.39 is 0 Å². The number of fused-ring (bicyclic) bond motifs is 9. The summed E-state index contributed by atoms with van der Waals surface area (Å²) in [5, 5.41) is 10.5. The molecule has 0 nitrogen and oxygen atoms in total. The van der Waals surface area contributed by atoms with Crippen molar-refractivity contribution >= 4 is 43.1 Å². The van der Waals surface area contributed by atoms with Crippen LogP contribution < -0.4 is 0 Å². The van der Waals surface area contributed by atoms with Gasteiger partial charge < -0.3 is 0 Å². The predicted molar refractivity (Wildman–Crippen MR) is 341 cm³/mol. The van der Waals surface area contributed by atoms with Gasteiger partial charge in [0.15, 0.2) is 0 Å². The summed E-state index contributed by atoms with van der Waals surface area (Å²) in [7, 11) is 0. The molecular formula is C78H74. The van der Waals surface area contributed by atoms with Gasteiger partial charge in [-0.2, -0.15) is 0 Å². The highest BCUT2D eigenvalue weighted by Crippen LogP contribution is 2.65. The van der Waals surface area contributed by atoms with E-state index >= 15 is 0 Å². The minimum atomic E-state index is -0.0493. The maximum absolute atomic E-state index is 2.63. The van der Waals surface area contributed by atoms with E-state index in [1.54, 1.807) is 0 Å². The molecule has 0 unspecified atom stereocenters. The van der Waals surface area contributed by atoms with E-state index in [1.165, 1.54) is 165 Å². The van der Waals surface area contributed by atoms with Crippen molar-refractivity contribution in [3.63, 3.8) is 0 Å². The molecule has 386 valence electrons. The number of hydrogen-bond acceptors (Lipinski definition) is 0. The Kier molecular flexibility index (Phi) is 11.2. The molecule has 0 spiro atoms. The lowest BCUT2D eigenvalue weighted by molar-refractivity contribution is 0.590. The molecule has 0 bridgehead atoms. The topological polar surface area (TPSA) is 0 Å². The summed E-state index contributed by atoms with van der Waals surface area (Å²) in [5.74, 6) is 0. The van der Waals surface area contributed by atoms with Gasteiger partial charge in [0.2, 0.25) is 0 Å². The summed E-state index contributed by atoms with van der Waals surface area (Å²) in [6.45, 7) is 32.7. The molecule has 0 radical (unpaired) electrons. The van der Waals surface area contributed by atoms with Gasteiger partial charge in [-0.25, -0.2) is 0 Å². The average Bonchev–Trinajstić information content (AvgIpc) is 3.77. The van der Waals surface area contributed by atoms with Gasteiger partial charge in [-0.1, -0.05) is 230 Å². The van der Waals surface area contributed by atoms with Crippen molar-refractivity contribution < 1.29 is 0 Å². The van der Waals surface area contributed by atoms with E-state index in [4.69, 9.17) is 0 Å². The molecule has 0 atom stereocenters. The summed E-state index contributed by atoms with van der Waals surface area (Å²) in [5.41, 5.74) is 29.1. The first-order chi connectivity index (χ1) is 37.1. The molecule has 0 saturated heterocycles. The van der Waals surface area contributed by atoms with Crippen molar-refractivity contribution in [1.82, 2.24) is 0 Å². The van der Waals surface area contributed by atoms with E-state index in [2.05, 4.69) is 267 Å². The minimum absolute atomic E-state index is 0.0230. The van der Waals surface area contributed by atoms with Crippen LogP contribution in [0.25, 0.3) is 132 Å². The molecule has 0 saturated carbocycles. The number of benzene rings is 11. The third-order valence-corrected chi connectivity index (χ3v) is 17.9. The van der Waals surface area contributed by atoms with E-state index in [9.17, 15) is 0 Å².